The number of hydrogen-bond acceptors (Lipinski definition) is 7. The predicted octanol–water partition coefficient (Wildman–Crippen LogP) is 7.21. The summed E-state index contributed by atoms with van der Waals surface area (Å²) in [4.78, 5) is 13.5. The van der Waals surface area contributed by atoms with E-state index in [0.717, 1.165) is 32.3 Å². The number of nitrogens with one attached hydrogen (secondary N) is 1. The van der Waals surface area contributed by atoms with Crippen LogP contribution in [0, 0.1) is 6.92 Å². The Morgan fingerprint density at radius 2 is 1.71 bits per heavy atom. The van der Waals surface area contributed by atoms with E-state index in [2.05, 4.69) is 64.9 Å². The summed E-state index contributed by atoms with van der Waals surface area (Å²) in [6.45, 7) is 2.05. The molecular weight excluding hydrogens is 510 g/mol. The molecule has 6 rings (SSSR count). The minimum absolute atomic E-state index is 0.0529. The van der Waals surface area contributed by atoms with E-state index in [1.165, 1.54) is 34.0 Å². The van der Waals surface area contributed by atoms with Crippen LogP contribution in [0.15, 0.2) is 107 Å². The van der Waals surface area contributed by atoms with Crippen LogP contribution in [0.5, 0.6) is 0 Å². The lowest BCUT2D eigenvalue weighted by molar-refractivity contribution is -0.130. The standard InChI is InChI=1S/C30H25N5OS2/c1-20-11-15-25(16-12-20)31-29-32-33-30(38-29)37-19-28(36)35-27(22-8-3-2-4-9-22)18-26(34-35)24-14-13-21-7-5-6-10-23(21)17-24/h2-17,27H,18-19H2,1H3,(H,31,32). The Kier molecular flexibility index (Phi) is 6.90. The normalized spacial score (nSPS) is 15.0. The lowest BCUT2D eigenvalue weighted by Crippen LogP contribution is -2.28. The van der Waals surface area contributed by atoms with Crippen molar-refractivity contribution in [2.75, 3.05) is 11.1 Å². The smallest absolute Gasteiger partial charge is 0.253 e. The van der Waals surface area contributed by atoms with Gasteiger partial charge < -0.3 is 5.32 Å². The van der Waals surface area contributed by atoms with Crippen LogP contribution in [0.25, 0.3) is 10.8 Å². The Bertz CT molecular complexity index is 1620. The van der Waals surface area contributed by atoms with Gasteiger partial charge in [-0.1, -0.05) is 108 Å². The summed E-state index contributed by atoms with van der Waals surface area (Å²) in [6.07, 6.45) is 0.669. The maximum absolute atomic E-state index is 13.5. The molecule has 0 fully saturated rings. The Hall–Kier alpha value is -4.01. The van der Waals surface area contributed by atoms with Gasteiger partial charge in [-0.2, -0.15) is 5.10 Å². The minimum Gasteiger partial charge on any atom is -0.330 e. The molecule has 0 radical (unpaired) electrons. The zero-order valence-corrected chi connectivity index (χ0v) is 22.4. The highest BCUT2D eigenvalue weighted by Gasteiger charge is 2.33. The van der Waals surface area contributed by atoms with E-state index in [9.17, 15) is 4.79 Å². The number of hydrazone groups is 1. The molecule has 5 aromatic rings. The highest BCUT2D eigenvalue weighted by Crippen LogP contribution is 2.35. The molecule has 4 aromatic carbocycles. The average Bonchev–Trinajstić information content (AvgIpc) is 3.61. The SMILES string of the molecule is Cc1ccc(Nc2nnc(SCC(=O)N3N=C(c4ccc5ccccc5c4)CC3c3ccccc3)s2)cc1. The number of aromatic nitrogens is 2. The Balaban J connectivity index is 1.19. The molecule has 0 saturated heterocycles. The fourth-order valence-electron chi connectivity index (χ4n) is 4.49. The summed E-state index contributed by atoms with van der Waals surface area (Å²) >= 11 is 2.82. The summed E-state index contributed by atoms with van der Waals surface area (Å²) in [5.74, 6) is 0.180. The summed E-state index contributed by atoms with van der Waals surface area (Å²) in [6, 6.07) is 32.7. The zero-order chi connectivity index (χ0) is 25.9. The van der Waals surface area contributed by atoms with Gasteiger partial charge in [0.1, 0.15) is 0 Å². The lowest BCUT2D eigenvalue weighted by atomic mass is 9.97. The third-order valence-electron chi connectivity index (χ3n) is 6.46. The van der Waals surface area contributed by atoms with Gasteiger partial charge in [0.15, 0.2) is 4.34 Å². The van der Waals surface area contributed by atoms with Crippen LogP contribution >= 0.6 is 23.1 Å². The van der Waals surface area contributed by atoms with E-state index in [-0.39, 0.29) is 17.7 Å². The van der Waals surface area contributed by atoms with Crippen molar-refractivity contribution in [3.8, 4) is 0 Å². The molecular formula is C30H25N5OS2. The number of hydrogen-bond donors (Lipinski definition) is 1. The zero-order valence-electron chi connectivity index (χ0n) is 20.7. The number of fused-ring (bicyclic) bond motifs is 1. The first-order valence-corrected chi connectivity index (χ1v) is 14.2. The maximum atomic E-state index is 13.5. The molecule has 6 nitrogen and oxygen atoms in total. The predicted molar refractivity (Wildman–Crippen MR) is 156 cm³/mol. The first-order valence-electron chi connectivity index (χ1n) is 12.4. The lowest BCUT2D eigenvalue weighted by Gasteiger charge is -2.21. The molecule has 2 heterocycles. The van der Waals surface area contributed by atoms with E-state index in [0.29, 0.717) is 11.6 Å². The van der Waals surface area contributed by atoms with E-state index in [1.807, 2.05) is 54.6 Å². The van der Waals surface area contributed by atoms with Gasteiger partial charge in [-0.15, -0.1) is 10.2 Å². The van der Waals surface area contributed by atoms with Crippen LogP contribution in [-0.4, -0.2) is 32.6 Å². The number of carbonyl (C=O) groups is 1. The molecule has 1 unspecified atom stereocenters. The Morgan fingerprint density at radius 3 is 2.53 bits per heavy atom. The van der Waals surface area contributed by atoms with Gasteiger partial charge in [-0.05, 0) is 47.0 Å². The number of nitrogens with zero attached hydrogens (tertiary/aromatic N) is 4. The van der Waals surface area contributed by atoms with Gasteiger partial charge >= 0.3 is 0 Å². The summed E-state index contributed by atoms with van der Waals surface area (Å²) in [5, 5.41) is 21.3. The third-order valence-corrected chi connectivity index (χ3v) is 8.42. The molecule has 1 aliphatic rings. The fourth-order valence-corrected chi connectivity index (χ4v) is 6.11. The topological polar surface area (TPSA) is 70.5 Å². The number of benzene rings is 4. The van der Waals surface area contributed by atoms with Crippen LogP contribution in [0.2, 0.25) is 0 Å². The molecule has 188 valence electrons. The molecule has 8 heteroatoms. The van der Waals surface area contributed by atoms with Gasteiger partial charge in [0.2, 0.25) is 5.13 Å². The number of amides is 1. The van der Waals surface area contributed by atoms with Gasteiger partial charge in [0, 0.05) is 12.1 Å². The first-order chi connectivity index (χ1) is 18.6. The molecule has 1 N–H and O–H groups in total. The molecule has 0 bridgehead atoms. The third kappa shape index (κ3) is 5.32. The van der Waals surface area contributed by atoms with Crippen molar-refractivity contribution >= 4 is 56.3 Å². The van der Waals surface area contributed by atoms with Crippen molar-refractivity contribution in [2.24, 2.45) is 5.10 Å². The number of thioether (sulfide) groups is 1. The number of rotatable bonds is 7. The van der Waals surface area contributed by atoms with Crippen molar-refractivity contribution in [1.29, 1.82) is 0 Å². The minimum atomic E-state index is -0.140. The Labute approximate surface area is 229 Å². The molecule has 0 aliphatic carbocycles. The van der Waals surface area contributed by atoms with Crippen molar-refractivity contribution in [3.63, 3.8) is 0 Å². The van der Waals surface area contributed by atoms with Crippen LogP contribution < -0.4 is 5.32 Å². The van der Waals surface area contributed by atoms with Crippen molar-refractivity contribution in [3.05, 3.63) is 114 Å². The molecule has 1 aromatic heterocycles. The summed E-state index contributed by atoms with van der Waals surface area (Å²) < 4.78 is 0.738. The Morgan fingerprint density at radius 1 is 0.947 bits per heavy atom. The van der Waals surface area contributed by atoms with Crippen molar-refractivity contribution in [1.82, 2.24) is 15.2 Å². The quantitative estimate of drug-likeness (QED) is 0.223. The summed E-state index contributed by atoms with van der Waals surface area (Å²) in [5.41, 5.74) is 5.19. The van der Waals surface area contributed by atoms with Gasteiger partial charge in [-0.3, -0.25) is 4.79 Å². The monoisotopic (exact) mass is 535 g/mol. The first kappa shape index (κ1) is 24.3. The molecule has 1 amide bonds. The van der Waals surface area contributed by atoms with E-state index in [1.54, 1.807) is 5.01 Å². The molecule has 0 spiro atoms. The second kappa shape index (κ2) is 10.8. The van der Waals surface area contributed by atoms with Gasteiger partial charge in [0.05, 0.1) is 17.5 Å². The van der Waals surface area contributed by atoms with Crippen LogP contribution in [0.3, 0.4) is 0 Å². The molecule has 1 atom stereocenters. The van der Waals surface area contributed by atoms with Crippen molar-refractivity contribution < 1.29 is 4.79 Å². The number of anilines is 2. The van der Waals surface area contributed by atoms with E-state index >= 15 is 0 Å². The maximum Gasteiger partial charge on any atom is 0.253 e. The summed E-state index contributed by atoms with van der Waals surface area (Å²) in [7, 11) is 0. The highest BCUT2D eigenvalue weighted by molar-refractivity contribution is 8.01. The average molecular weight is 536 g/mol. The number of carbonyl (C=O) groups excluding carboxylic acids is 1. The molecule has 38 heavy (non-hydrogen) atoms. The number of aryl methyl sites for hydroxylation is 1. The fraction of sp³-hybridized carbons (Fsp3) is 0.133. The van der Waals surface area contributed by atoms with Crippen LogP contribution in [-0.2, 0) is 4.79 Å². The van der Waals surface area contributed by atoms with E-state index in [4.69, 9.17) is 5.10 Å². The second-order valence-corrected chi connectivity index (χ2v) is 11.3. The molecule has 1 aliphatic heterocycles. The highest BCUT2D eigenvalue weighted by atomic mass is 32.2. The van der Waals surface area contributed by atoms with Gasteiger partial charge in [-0.25, -0.2) is 5.01 Å². The van der Waals surface area contributed by atoms with Crippen LogP contribution in [0.1, 0.15) is 29.2 Å². The molecule has 0 saturated carbocycles. The largest absolute Gasteiger partial charge is 0.330 e. The van der Waals surface area contributed by atoms with E-state index < -0.39 is 0 Å². The van der Waals surface area contributed by atoms with Crippen LogP contribution in [0.4, 0.5) is 10.8 Å². The van der Waals surface area contributed by atoms with Gasteiger partial charge in [0.25, 0.3) is 5.91 Å². The second-order valence-electron chi connectivity index (χ2n) is 9.13. The van der Waals surface area contributed by atoms with Crippen molar-refractivity contribution in [2.45, 2.75) is 23.7 Å².